The molecule has 1 saturated heterocycles. The Morgan fingerprint density at radius 1 is 1.20 bits per heavy atom. The van der Waals surface area contributed by atoms with Gasteiger partial charge in [0.1, 0.15) is 11.6 Å². The van der Waals surface area contributed by atoms with Crippen molar-refractivity contribution in [3.8, 4) is 0 Å². The highest BCUT2D eigenvalue weighted by Gasteiger charge is 2.38. The zero-order valence-corrected chi connectivity index (χ0v) is 17.8. The fourth-order valence-corrected chi connectivity index (χ4v) is 4.72. The van der Waals surface area contributed by atoms with Gasteiger partial charge in [0.25, 0.3) is 0 Å². The molecule has 1 saturated carbocycles. The van der Waals surface area contributed by atoms with E-state index in [9.17, 15) is 5.11 Å². The van der Waals surface area contributed by atoms with E-state index in [1.54, 1.807) is 12.4 Å². The molecule has 0 amide bonds. The van der Waals surface area contributed by atoms with Crippen molar-refractivity contribution in [2.75, 3.05) is 36.5 Å². The maximum atomic E-state index is 9.92. The minimum absolute atomic E-state index is 0.140. The smallest absolute Gasteiger partial charge is 0.227 e. The van der Waals surface area contributed by atoms with Crippen LogP contribution in [0.15, 0.2) is 12.4 Å². The Labute approximate surface area is 181 Å². The molecular formula is C21H28ClN7O. The van der Waals surface area contributed by atoms with Crippen molar-refractivity contribution in [3.63, 3.8) is 0 Å². The maximum Gasteiger partial charge on any atom is 0.227 e. The van der Waals surface area contributed by atoms with E-state index in [0.29, 0.717) is 10.9 Å². The fourth-order valence-electron chi connectivity index (χ4n) is 4.62. The number of hydrogen-bond acceptors (Lipinski definition) is 8. The van der Waals surface area contributed by atoms with Crippen molar-refractivity contribution in [1.82, 2.24) is 25.3 Å². The van der Waals surface area contributed by atoms with Crippen LogP contribution in [-0.2, 0) is 13.0 Å². The molecule has 2 aromatic rings. The largest absolute Gasteiger partial charge is 0.394 e. The van der Waals surface area contributed by atoms with Crippen LogP contribution >= 0.6 is 11.6 Å². The number of nitrogens with zero attached hydrogens (tertiary/aromatic N) is 5. The van der Waals surface area contributed by atoms with Gasteiger partial charge in [0.15, 0.2) is 0 Å². The Bertz CT molecular complexity index is 889. The van der Waals surface area contributed by atoms with Gasteiger partial charge in [-0.05, 0) is 32.1 Å². The first kappa shape index (κ1) is 19.9. The van der Waals surface area contributed by atoms with E-state index in [4.69, 9.17) is 21.6 Å². The van der Waals surface area contributed by atoms with Gasteiger partial charge in [-0.15, -0.1) is 0 Å². The SMILES string of the molecule is OCC1(Nc2nc(N3CCC(c4ncc(Cl)cn4)CC3)nc3c2CNCC3)CCC1. The summed E-state index contributed by atoms with van der Waals surface area (Å²) in [5, 5.41) is 17.5. The number of halogens is 1. The van der Waals surface area contributed by atoms with Crippen molar-refractivity contribution in [1.29, 1.82) is 0 Å². The van der Waals surface area contributed by atoms with Gasteiger partial charge in [-0.2, -0.15) is 4.98 Å². The molecule has 3 aliphatic rings. The van der Waals surface area contributed by atoms with Crippen molar-refractivity contribution in [2.45, 2.75) is 56.5 Å². The maximum absolute atomic E-state index is 9.92. The second-order valence-corrected chi connectivity index (χ2v) is 9.10. The third-order valence-corrected chi connectivity index (χ3v) is 6.90. The lowest BCUT2D eigenvalue weighted by Crippen LogP contribution is -2.49. The van der Waals surface area contributed by atoms with E-state index in [1.165, 1.54) is 0 Å². The van der Waals surface area contributed by atoms with Crippen molar-refractivity contribution in [2.24, 2.45) is 0 Å². The number of fused-ring (bicyclic) bond motifs is 1. The summed E-state index contributed by atoms with van der Waals surface area (Å²) in [6, 6.07) is 0. The highest BCUT2D eigenvalue weighted by Crippen LogP contribution is 2.37. The molecule has 5 rings (SSSR count). The summed E-state index contributed by atoms with van der Waals surface area (Å²) in [7, 11) is 0. The molecular weight excluding hydrogens is 402 g/mol. The molecule has 3 N–H and O–H groups in total. The Hall–Kier alpha value is -2.03. The van der Waals surface area contributed by atoms with Gasteiger partial charge in [-0.1, -0.05) is 11.6 Å². The summed E-state index contributed by atoms with van der Waals surface area (Å²) in [5.74, 6) is 2.89. The first-order valence-electron chi connectivity index (χ1n) is 10.9. The molecule has 9 heteroatoms. The lowest BCUT2D eigenvalue weighted by atomic mass is 9.77. The number of rotatable bonds is 5. The molecule has 0 aromatic carbocycles. The number of aliphatic hydroxyl groups excluding tert-OH is 1. The van der Waals surface area contributed by atoms with Gasteiger partial charge < -0.3 is 20.6 Å². The molecule has 1 aliphatic carbocycles. The lowest BCUT2D eigenvalue weighted by Gasteiger charge is -2.42. The second kappa shape index (κ2) is 8.24. The van der Waals surface area contributed by atoms with Gasteiger partial charge >= 0.3 is 0 Å². The van der Waals surface area contributed by atoms with E-state index in [-0.39, 0.29) is 12.1 Å². The molecule has 8 nitrogen and oxygen atoms in total. The Kier molecular flexibility index (Phi) is 5.47. The highest BCUT2D eigenvalue weighted by atomic mass is 35.5. The molecule has 2 aliphatic heterocycles. The number of nitrogens with one attached hydrogen (secondary N) is 2. The quantitative estimate of drug-likeness (QED) is 0.665. The zero-order valence-electron chi connectivity index (χ0n) is 17.1. The van der Waals surface area contributed by atoms with Crippen LogP contribution in [0.2, 0.25) is 5.02 Å². The van der Waals surface area contributed by atoms with Crippen molar-refractivity contribution >= 4 is 23.4 Å². The molecule has 160 valence electrons. The molecule has 0 bridgehead atoms. The number of piperidine rings is 1. The van der Waals surface area contributed by atoms with Gasteiger partial charge in [0.05, 0.1) is 22.9 Å². The summed E-state index contributed by atoms with van der Waals surface area (Å²) < 4.78 is 0. The number of aromatic nitrogens is 4. The molecule has 0 radical (unpaired) electrons. The second-order valence-electron chi connectivity index (χ2n) is 8.66. The minimum atomic E-state index is -0.226. The van der Waals surface area contributed by atoms with Crippen LogP contribution < -0.4 is 15.5 Å². The summed E-state index contributed by atoms with van der Waals surface area (Å²) in [6.07, 6.45) is 9.29. The summed E-state index contributed by atoms with van der Waals surface area (Å²) >= 11 is 5.92. The first-order valence-corrected chi connectivity index (χ1v) is 11.3. The Morgan fingerprint density at radius 3 is 2.63 bits per heavy atom. The fraction of sp³-hybridized carbons (Fsp3) is 0.619. The first-order chi connectivity index (χ1) is 14.7. The monoisotopic (exact) mass is 429 g/mol. The highest BCUT2D eigenvalue weighted by molar-refractivity contribution is 6.30. The predicted molar refractivity (Wildman–Crippen MR) is 116 cm³/mol. The topological polar surface area (TPSA) is 99.1 Å². The number of aliphatic hydroxyl groups is 1. The molecule has 4 heterocycles. The normalized spacial score (nSPS) is 21.1. The van der Waals surface area contributed by atoms with Crippen molar-refractivity contribution in [3.05, 3.63) is 34.5 Å². The molecule has 0 atom stereocenters. The predicted octanol–water partition coefficient (Wildman–Crippen LogP) is 2.28. The van der Waals surface area contributed by atoms with E-state index >= 15 is 0 Å². The molecule has 30 heavy (non-hydrogen) atoms. The van der Waals surface area contributed by atoms with Gasteiger partial charge in [-0.3, -0.25) is 0 Å². The molecule has 2 aromatic heterocycles. The lowest BCUT2D eigenvalue weighted by molar-refractivity contribution is 0.143. The summed E-state index contributed by atoms with van der Waals surface area (Å²) in [6.45, 7) is 3.59. The Balaban J connectivity index is 1.35. The van der Waals surface area contributed by atoms with Crippen LogP contribution in [0.25, 0.3) is 0 Å². The van der Waals surface area contributed by atoms with Gasteiger partial charge in [-0.25, -0.2) is 15.0 Å². The molecule has 0 unspecified atom stereocenters. The third-order valence-electron chi connectivity index (χ3n) is 6.70. The summed E-state index contributed by atoms with van der Waals surface area (Å²) in [5.41, 5.74) is 2.04. The van der Waals surface area contributed by atoms with E-state index in [2.05, 4.69) is 25.5 Å². The van der Waals surface area contributed by atoms with E-state index in [1.807, 2.05) is 0 Å². The van der Waals surface area contributed by atoms with Crippen LogP contribution in [0.5, 0.6) is 0 Å². The summed E-state index contributed by atoms with van der Waals surface area (Å²) in [4.78, 5) is 20.9. The number of anilines is 2. The van der Waals surface area contributed by atoms with E-state index in [0.717, 1.165) is 93.6 Å². The molecule has 2 fully saturated rings. The van der Waals surface area contributed by atoms with Crippen LogP contribution in [0.3, 0.4) is 0 Å². The average molecular weight is 430 g/mol. The van der Waals surface area contributed by atoms with Crippen LogP contribution in [0.4, 0.5) is 11.8 Å². The van der Waals surface area contributed by atoms with Crippen LogP contribution in [-0.4, -0.2) is 56.8 Å². The van der Waals surface area contributed by atoms with Crippen LogP contribution in [0.1, 0.15) is 55.1 Å². The minimum Gasteiger partial charge on any atom is -0.394 e. The van der Waals surface area contributed by atoms with Crippen molar-refractivity contribution < 1.29 is 5.11 Å². The number of hydrogen-bond donors (Lipinski definition) is 3. The zero-order chi connectivity index (χ0) is 20.6. The average Bonchev–Trinajstić information content (AvgIpc) is 2.77. The van der Waals surface area contributed by atoms with Crippen LogP contribution in [0, 0.1) is 0 Å². The van der Waals surface area contributed by atoms with E-state index < -0.39 is 0 Å². The third kappa shape index (κ3) is 3.84. The van der Waals surface area contributed by atoms with Gasteiger partial charge in [0, 0.05) is 56.5 Å². The van der Waals surface area contributed by atoms with Gasteiger partial charge in [0.2, 0.25) is 5.95 Å². The standard InChI is InChI=1S/C21H28ClN7O/c22-15-10-24-18(25-11-15)14-3-8-29(9-4-14)20-26-17-2-7-23-12-16(17)19(27-20)28-21(13-30)5-1-6-21/h10-11,14,23,30H,1-9,12-13H2,(H,26,27,28). The Morgan fingerprint density at radius 2 is 1.97 bits per heavy atom. The molecule has 0 spiro atoms.